The molecule has 0 radical (unpaired) electrons. The highest BCUT2D eigenvalue weighted by Crippen LogP contribution is 2.11. The Labute approximate surface area is 130 Å². The van der Waals surface area contributed by atoms with E-state index in [0.29, 0.717) is 24.5 Å². The van der Waals surface area contributed by atoms with Crippen LogP contribution in [0.4, 0.5) is 5.82 Å². The highest BCUT2D eigenvalue weighted by molar-refractivity contribution is 5.89. The molecular weight excluding hydrogens is 282 g/mol. The van der Waals surface area contributed by atoms with E-state index in [-0.39, 0.29) is 18.0 Å². The smallest absolute Gasteiger partial charge is 0.226 e. The molecule has 0 unspecified atom stereocenters. The molecule has 2 rings (SSSR count). The minimum Gasteiger partial charge on any atom is -0.360 e. The maximum absolute atomic E-state index is 11.8. The minimum atomic E-state index is -0.0874. The van der Waals surface area contributed by atoms with Gasteiger partial charge >= 0.3 is 0 Å². The van der Waals surface area contributed by atoms with E-state index >= 15 is 0 Å². The third kappa shape index (κ3) is 4.42. The summed E-state index contributed by atoms with van der Waals surface area (Å²) in [6, 6.07) is 2.12. The molecular formula is C15H23N5O2. The molecule has 2 aromatic rings. The SMILES string of the molecule is Cc1cnn([C@@H](C)[C@@H](C)NCCC(=O)Nc2cc(C)on2)c1. The molecule has 0 saturated heterocycles. The molecule has 0 fully saturated rings. The zero-order valence-corrected chi connectivity index (χ0v) is 13.5. The van der Waals surface area contributed by atoms with Gasteiger partial charge in [0.25, 0.3) is 0 Å². The van der Waals surface area contributed by atoms with Crippen molar-refractivity contribution < 1.29 is 9.32 Å². The van der Waals surface area contributed by atoms with E-state index in [4.69, 9.17) is 4.52 Å². The summed E-state index contributed by atoms with van der Waals surface area (Å²) >= 11 is 0. The Hall–Kier alpha value is -2.15. The highest BCUT2D eigenvalue weighted by atomic mass is 16.5. The average molecular weight is 305 g/mol. The second-order valence-electron chi connectivity index (χ2n) is 5.60. The standard InChI is InChI=1S/C15H23N5O2/c1-10-8-17-20(9-10)13(4)12(3)16-6-5-15(21)18-14-7-11(2)22-19-14/h7-9,12-13,16H,5-6H2,1-4H3,(H,18,19,21)/t12-,13+/m1/s1. The number of rotatable bonds is 7. The summed E-state index contributed by atoms with van der Waals surface area (Å²) in [6.45, 7) is 8.58. The first-order valence-electron chi connectivity index (χ1n) is 7.43. The van der Waals surface area contributed by atoms with Crippen molar-refractivity contribution in [2.75, 3.05) is 11.9 Å². The Morgan fingerprint density at radius 2 is 2.18 bits per heavy atom. The van der Waals surface area contributed by atoms with Gasteiger partial charge in [-0.05, 0) is 33.3 Å². The summed E-state index contributed by atoms with van der Waals surface area (Å²) in [5.41, 5.74) is 1.14. The molecule has 0 saturated carbocycles. The number of carbonyl (C=O) groups is 1. The molecule has 7 heteroatoms. The van der Waals surface area contributed by atoms with Gasteiger partial charge in [0.05, 0.1) is 12.2 Å². The van der Waals surface area contributed by atoms with E-state index in [9.17, 15) is 4.79 Å². The summed E-state index contributed by atoms with van der Waals surface area (Å²) in [5.74, 6) is 1.04. The molecule has 120 valence electrons. The molecule has 2 heterocycles. The van der Waals surface area contributed by atoms with Gasteiger partial charge in [0.1, 0.15) is 5.76 Å². The Balaban J connectivity index is 1.72. The Bertz CT molecular complexity index is 619. The van der Waals surface area contributed by atoms with Crippen LogP contribution in [0, 0.1) is 13.8 Å². The van der Waals surface area contributed by atoms with Gasteiger partial charge in [-0.3, -0.25) is 9.48 Å². The van der Waals surface area contributed by atoms with E-state index in [0.717, 1.165) is 5.56 Å². The number of hydrogen-bond acceptors (Lipinski definition) is 5. The first-order valence-corrected chi connectivity index (χ1v) is 7.43. The molecule has 0 aromatic carbocycles. The van der Waals surface area contributed by atoms with Crippen LogP contribution in [0.5, 0.6) is 0 Å². The Morgan fingerprint density at radius 3 is 2.77 bits per heavy atom. The highest BCUT2D eigenvalue weighted by Gasteiger charge is 2.14. The number of aromatic nitrogens is 3. The topological polar surface area (TPSA) is 85.0 Å². The van der Waals surface area contributed by atoms with Gasteiger partial charge in [0, 0.05) is 31.3 Å². The third-order valence-electron chi connectivity index (χ3n) is 3.59. The van der Waals surface area contributed by atoms with Crippen LogP contribution in [-0.4, -0.2) is 33.4 Å². The fourth-order valence-electron chi connectivity index (χ4n) is 2.10. The maximum Gasteiger partial charge on any atom is 0.226 e. The maximum atomic E-state index is 11.8. The van der Waals surface area contributed by atoms with Crippen molar-refractivity contribution in [3.8, 4) is 0 Å². The van der Waals surface area contributed by atoms with Crippen LogP contribution < -0.4 is 10.6 Å². The monoisotopic (exact) mass is 305 g/mol. The Morgan fingerprint density at radius 1 is 1.41 bits per heavy atom. The molecule has 1 amide bonds. The molecule has 7 nitrogen and oxygen atoms in total. The van der Waals surface area contributed by atoms with E-state index in [1.165, 1.54) is 0 Å². The van der Waals surface area contributed by atoms with Gasteiger partial charge in [-0.1, -0.05) is 5.16 Å². The molecule has 0 aliphatic carbocycles. The van der Waals surface area contributed by atoms with E-state index < -0.39 is 0 Å². The lowest BCUT2D eigenvalue weighted by Crippen LogP contribution is -2.35. The quantitative estimate of drug-likeness (QED) is 0.818. The van der Waals surface area contributed by atoms with E-state index in [1.807, 2.05) is 24.0 Å². The fraction of sp³-hybridized carbons (Fsp3) is 0.533. The zero-order chi connectivity index (χ0) is 16.1. The van der Waals surface area contributed by atoms with Crippen LogP contribution in [0.1, 0.15) is 37.6 Å². The zero-order valence-electron chi connectivity index (χ0n) is 13.5. The molecule has 2 aromatic heterocycles. The van der Waals surface area contributed by atoms with Crippen molar-refractivity contribution in [1.29, 1.82) is 0 Å². The van der Waals surface area contributed by atoms with Gasteiger partial charge in [-0.25, -0.2) is 0 Å². The van der Waals surface area contributed by atoms with Gasteiger partial charge in [-0.15, -0.1) is 0 Å². The van der Waals surface area contributed by atoms with Gasteiger partial charge < -0.3 is 15.2 Å². The number of nitrogens with one attached hydrogen (secondary N) is 2. The van der Waals surface area contributed by atoms with Crippen LogP contribution in [0.3, 0.4) is 0 Å². The first-order chi connectivity index (χ1) is 10.5. The molecule has 2 atom stereocenters. The summed E-state index contributed by atoms with van der Waals surface area (Å²) in [7, 11) is 0. The van der Waals surface area contributed by atoms with Crippen LogP contribution in [0.15, 0.2) is 23.0 Å². The molecule has 2 N–H and O–H groups in total. The minimum absolute atomic E-state index is 0.0874. The number of hydrogen-bond donors (Lipinski definition) is 2. The molecule has 0 aliphatic rings. The molecule has 0 spiro atoms. The normalized spacial score (nSPS) is 13.8. The van der Waals surface area contributed by atoms with Crippen molar-refractivity contribution in [1.82, 2.24) is 20.3 Å². The predicted octanol–water partition coefficient (Wildman–Crippen LogP) is 2.06. The molecule has 22 heavy (non-hydrogen) atoms. The van der Waals surface area contributed by atoms with E-state index in [1.54, 1.807) is 13.0 Å². The van der Waals surface area contributed by atoms with Crippen molar-refractivity contribution in [2.45, 2.75) is 46.2 Å². The van der Waals surface area contributed by atoms with Crippen LogP contribution >= 0.6 is 0 Å². The van der Waals surface area contributed by atoms with Gasteiger partial charge in [-0.2, -0.15) is 5.10 Å². The lowest BCUT2D eigenvalue weighted by Gasteiger charge is -2.21. The van der Waals surface area contributed by atoms with Crippen LogP contribution in [0.25, 0.3) is 0 Å². The third-order valence-corrected chi connectivity index (χ3v) is 3.59. The van der Waals surface area contributed by atoms with Crippen molar-refractivity contribution in [3.63, 3.8) is 0 Å². The fourth-order valence-corrected chi connectivity index (χ4v) is 2.10. The summed E-state index contributed by atoms with van der Waals surface area (Å²) < 4.78 is 6.84. The summed E-state index contributed by atoms with van der Waals surface area (Å²) in [5, 5.41) is 14.1. The largest absolute Gasteiger partial charge is 0.360 e. The summed E-state index contributed by atoms with van der Waals surface area (Å²) in [6.07, 6.45) is 4.24. The first kappa shape index (κ1) is 16.2. The average Bonchev–Trinajstić information content (AvgIpc) is 3.06. The van der Waals surface area contributed by atoms with Crippen molar-refractivity contribution in [2.24, 2.45) is 0 Å². The lowest BCUT2D eigenvalue weighted by atomic mass is 10.1. The lowest BCUT2D eigenvalue weighted by molar-refractivity contribution is -0.116. The molecule has 0 bridgehead atoms. The second kappa shape index (κ2) is 7.22. The number of amides is 1. The number of aryl methyl sites for hydroxylation is 2. The van der Waals surface area contributed by atoms with Crippen molar-refractivity contribution in [3.05, 3.63) is 29.8 Å². The second-order valence-corrected chi connectivity index (χ2v) is 5.60. The van der Waals surface area contributed by atoms with Gasteiger partial charge in [0.2, 0.25) is 5.91 Å². The van der Waals surface area contributed by atoms with Crippen molar-refractivity contribution >= 4 is 11.7 Å². The van der Waals surface area contributed by atoms with E-state index in [2.05, 4.69) is 34.7 Å². The number of nitrogens with zero attached hydrogens (tertiary/aromatic N) is 3. The van der Waals surface area contributed by atoms with Crippen LogP contribution in [-0.2, 0) is 4.79 Å². The Kier molecular flexibility index (Phi) is 5.32. The number of carbonyl (C=O) groups excluding carboxylic acids is 1. The molecule has 0 aliphatic heterocycles. The van der Waals surface area contributed by atoms with Crippen LogP contribution in [0.2, 0.25) is 0 Å². The number of anilines is 1. The van der Waals surface area contributed by atoms with Gasteiger partial charge in [0.15, 0.2) is 5.82 Å². The predicted molar refractivity (Wildman–Crippen MR) is 83.6 cm³/mol. The summed E-state index contributed by atoms with van der Waals surface area (Å²) in [4.78, 5) is 11.8.